The third-order valence-corrected chi connectivity index (χ3v) is 6.90. The number of nitrogens with one attached hydrogen (secondary N) is 2. The van der Waals surface area contributed by atoms with Crippen LogP contribution in [0.25, 0.3) is 0 Å². The van der Waals surface area contributed by atoms with Crippen LogP contribution < -0.4 is 10.6 Å². The van der Waals surface area contributed by atoms with Crippen molar-refractivity contribution in [1.82, 2.24) is 5.32 Å². The molecule has 2 N–H and O–H groups in total. The molecule has 0 aromatic heterocycles. The largest absolute Gasteiger partial charge is 0.373 e. The Morgan fingerprint density at radius 3 is 2.43 bits per heavy atom. The standard InChI is InChI=1S/C20H26N2O/c23-20(18-6-5-14-3-1-2-4-17(14)21-18)22-19-15-8-12-7-13(10-15)11-16(19)9-12/h1-4,12-13,15-16,18-19,21H,5-11H2,(H,22,23). The molecule has 1 amide bonds. The molecule has 23 heavy (non-hydrogen) atoms. The maximum Gasteiger partial charge on any atom is 0.242 e. The first-order chi connectivity index (χ1) is 11.3. The van der Waals surface area contributed by atoms with E-state index in [1.165, 1.54) is 37.7 Å². The van der Waals surface area contributed by atoms with Gasteiger partial charge in [0.25, 0.3) is 0 Å². The summed E-state index contributed by atoms with van der Waals surface area (Å²) in [5, 5.41) is 6.92. The number of fused-ring (bicyclic) bond motifs is 1. The number of benzene rings is 1. The van der Waals surface area contributed by atoms with E-state index in [0.717, 1.165) is 42.2 Å². The number of anilines is 1. The molecule has 4 fully saturated rings. The summed E-state index contributed by atoms with van der Waals surface area (Å²) in [6.07, 6.45) is 8.82. The lowest BCUT2D eigenvalue weighted by Crippen LogP contribution is -2.58. The van der Waals surface area contributed by atoms with E-state index >= 15 is 0 Å². The molecular weight excluding hydrogens is 284 g/mol. The highest BCUT2D eigenvalue weighted by Crippen LogP contribution is 2.53. The summed E-state index contributed by atoms with van der Waals surface area (Å²) >= 11 is 0. The molecule has 1 aliphatic heterocycles. The molecule has 3 heteroatoms. The van der Waals surface area contributed by atoms with E-state index in [1.807, 2.05) is 6.07 Å². The fourth-order valence-electron chi connectivity index (χ4n) is 6.06. The van der Waals surface area contributed by atoms with E-state index in [9.17, 15) is 4.79 Å². The smallest absolute Gasteiger partial charge is 0.242 e. The summed E-state index contributed by atoms with van der Waals surface area (Å²) in [5.41, 5.74) is 2.48. The van der Waals surface area contributed by atoms with E-state index in [0.29, 0.717) is 6.04 Å². The van der Waals surface area contributed by atoms with Crippen molar-refractivity contribution in [2.75, 3.05) is 5.32 Å². The highest BCUT2D eigenvalue weighted by molar-refractivity contribution is 5.86. The maximum absolute atomic E-state index is 12.8. The van der Waals surface area contributed by atoms with Crippen LogP contribution >= 0.6 is 0 Å². The minimum atomic E-state index is -0.0536. The molecule has 4 saturated carbocycles. The van der Waals surface area contributed by atoms with Crippen LogP contribution in [0.2, 0.25) is 0 Å². The number of carbonyl (C=O) groups excluding carboxylic acids is 1. The van der Waals surface area contributed by atoms with Gasteiger partial charge in [0.1, 0.15) is 6.04 Å². The molecule has 4 aliphatic carbocycles. The Hall–Kier alpha value is -1.51. The first-order valence-electron chi connectivity index (χ1n) is 9.41. The highest BCUT2D eigenvalue weighted by atomic mass is 16.2. The van der Waals surface area contributed by atoms with Crippen molar-refractivity contribution < 1.29 is 4.79 Å². The van der Waals surface area contributed by atoms with Gasteiger partial charge in [0.2, 0.25) is 5.91 Å². The Kier molecular flexibility index (Phi) is 3.17. The van der Waals surface area contributed by atoms with E-state index in [-0.39, 0.29) is 11.9 Å². The van der Waals surface area contributed by atoms with Crippen LogP contribution in [0, 0.1) is 23.7 Å². The first-order valence-corrected chi connectivity index (χ1v) is 9.41. The van der Waals surface area contributed by atoms with Gasteiger partial charge in [-0.3, -0.25) is 4.79 Å². The van der Waals surface area contributed by atoms with Gasteiger partial charge in [-0.15, -0.1) is 0 Å². The molecule has 0 radical (unpaired) electrons. The number of aryl methyl sites for hydroxylation is 1. The van der Waals surface area contributed by atoms with E-state index in [1.54, 1.807) is 0 Å². The quantitative estimate of drug-likeness (QED) is 0.879. The molecule has 1 atom stereocenters. The second-order valence-electron chi connectivity index (χ2n) is 8.36. The summed E-state index contributed by atoms with van der Waals surface area (Å²) in [6.45, 7) is 0. The van der Waals surface area contributed by atoms with Gasteiger partial charge in [-0.1, -0.05) is 18.2 Å². The zero-order valence-corrected chi connectivity index (χ0v) is 13.6. The van der Waals surface area contributed by atoms with Crippen molar-refractivity contribution >= 4 is 11.6 Å². The Labute approximate surface area is 138 Å². The van der Waals surface area contributed by atoms with E-state index in [4.69, 9.17) is 0 Å². The van der Waals surface area contributed by atoms with Crippen molar-refractivity contribution in [2.45, 2.75) is 57.0 Å². The van der Waals surface area contributed by atoms with Gasteiger partial charge in [0, 0.05) is 11.7 Å². The zero-order valence-electron chi connectivity index (χ0n) is 13.6. The van der Waals surface area contributed by atoms with Crippen molar-refractivity contribution in [1.29, 1.82) is 0 Å². The van der Waals surface area contributed by atoms with Crippen molar-refractivity contribution in [3.63, 3.8) is 0 Å². The van der Waals surface area contributed by atoms with Gasteiger partial charge in [-0.25, -0.2) is 0 Å². The summed E-state index contributed by atoms with van der Waals surface area (Å²) < 4.78 is 0. The van der Waals surface area contributed by atoms with Crippen molar-refractivity contribution in [2.24, 2.45) is 23.7 Å². The van der Waals surface area contributed by atoms with E-state index in [2.05, 4.69) is 28.8 Å². The third kappa shape index (κ3) is 2.36. The van der Waals surface area contributed by atoms with Crippen LogP contribution in [0.4, 0.5) is 5.69 Å². The number of hydrogen-bond donors (Lipinski definition) is 2. The van der Waals surface area contributed by atoms with Crippen molar-refractivity contribution in [3.05, 3.63) is 29.8 Å². The first kappa shape index (κ1) is 13.9. The second kappa shape index (κ2) is 5.25. The maximum atomic E-state index is 12.8. The predicted octanol–water partition coefficient (Wildman–Crippen LogP) is 3.35. The predicted molar refractivity (Wildman–Crippen MR) is 91.1 cm³/mol. The number of amides is 1. The fraction of sp³-hybridized carbons (Fsp3) is 0.650. The molecule has 0 spiro atoms. The summed E-state index contributed by atoms with van der Waals surface area (Å²) in [5.74, 6) is 3.67. The molecule has 0 saturated heterocycles. The number of rotatable bonds is 2. The summed E-state index contributed by atoms with van der Waals surface area (Å²) in [7, 11) is 0. The average Bonchev–Trinajstić information content (AvgIpc) is 2.57. The molecule has 5 aliphatic rings. The van der Waals surface area contributed by atoms with Gasteiger partial charge < -0.3 is 10.6 Å². The van der Waals surface area contributed by atoms with Gasteiger partial charge in [-0.2, -0.15) is 0 Å². The fourth-order valence-corrected chi connectivity index (χ4v) is 6.06. The SMILES string of the molecule is O=C(NC1C2CC3CC(C2)CC1C3)C1CCc2ccccc2N1. The minimum absolute atomic E-state index is 0.0536. The van der Waals surface area contributed by atoms with Crippen molar-refractivity contribution in [3.8, 4) is 0 Å². The second-order valence-corrected chi connectivity index (χ2v) is 8.36. The minimum Gasteiger partial charge on any atom is -0.373 e. The molecule has 6 rings (SSSR count). The molecule has 1 unspecified atom stereocenters. The van der Waals surface area contributed by atoms with Crippen LogP contribution in [0.15, 0.2) is 24.3 Å². The number of carbonyl (C=O) groups is 1. The van der Waals surface area contributed by atoms with Crippen LogP contribution in [-0.4, -0.2) is 18.0 Å². The molecule has 1 aromatic carbocycles. The van der Waals surface area contributed by atoms with Gasteiger partial charge in [0.05, 0.1) is 0 Å². The highest BCUT2D eigenvalue weighted by Gasteiger charge is 2.48. The summed E-state index contributed by atoms with van der Waals surface area (Å²) in [4.78, 5) is 12.8. The van der Waals surface area contributed by atoms with Crippen LogP contribution in [0.1, 0.15) is 44.1 Å². The van der Waals surface area contributed by atoms with Gasteiger partial charge in [-0.05, 0) is 80.2 Å². The Morgan fingerprint density at radius 2 is 1.70 bits per heavy atom. The Morgan fingerprint density at radius 1 is 1.00 bits per heavy atom. The number of hydrogen-bond acceptors (Lipinski definition) is 2. The van der Waals surface area contributed by atoms with Gasteiger partial charge in [0.15, 0.2) is 0 Å². The van der Waals surface area contributed by atoms with Crippen LogP contribution in [0.5, 0.6) is 0 Å². The zero-order chi connectivity index (χ0) is 15.4. The molecular formula is C20H26N2O. The lowest BCUT2D eigenvalue weighted by atomic mass is 9.54. The lowest BCUT2D eigenvalue weighted by molar-refractivity contribution is -0.126. The monoisotopic (exact) mass is 310 g/mol. The molecule has 1 aromatic rings. The molecule has 4 bridgehead atoms. The summed E-state index contributed by atoms with van der Waals surface area (Å²) in [6, 6.07) is 8.78. The average molecular weight is 310 g/mol. The Bertz CT molecular complexity index is 598. The van der Waals surface area contributed by atoms with Gasteiger partial charge >= 0.3 is 0 Å². The van der Waals surface area contributed by atoms with Crippen LogP contribution in [-0.2, 0) is 11.2 Å². The normalized spacial score (nSPS) is 40.3. The topological polar surface area (TPSA) is 41.1 Å². The lowest BCUT2D eigenvalue weighted by Gasteiger charge is -2.54. The molecule has 1 heterocycles. The Balaban J connectivity index is 1.28. The third-order valence-electron chi connectivity index (χ3n) is 6.90. The molecule has 122 valence electrons. The molecule has 3 nitrogen and oxygen atoms in total. The van der Waals surface area contributed by atoms with E-state index < -0.39 is 0 Å². The number of para-hydroxylation sites is 1. The van der Waals surface area contributed by atoms with Crippen LogP contribution in [0.3, 0.4) is 0 Å².